The first-order chi connectivity index (χ1) is 10.8. The minimum Gasteiger partial charge on any atom is -0.484 e. The van der Waals surface area contributed by atoms with Crippen LogP contribution in [0.25, 0.3) is 0 Å². The average Bonchev–Trinajstić information content (AvgIpc) is 2.51. The molecule has 23 heavy (non-hydrogen) atoms. The van der Waals surface area contributed by atoms with Crippen molar-refractivity contribution in [2.75, 3.05) is 6.61 Å². The molecule has 0 radical (unpaired) electrons. The molecule has 4 nitrogen and oxygen atoms in total. The fourth-order valence-electron chi connectivity index (χ4n) is 1.79. The number of alkyl halides is 3. The third kappa shape index (κ3) is 5.41. The van der Waals surface area contributed by atoms with E-state index in [-0.39, 0.29) is 18.2 Å². The molecule has 1 aromatic heterocycles. The molecule has 0 aliphatic heterocycles. The smallest absolute Gasteiger partial charge is 0.422 e. The number of pyridine rings is 1. The minimum atomic E-state index is -4.39. The van der Waals surface area contributed by atoms with E-state index < -0.39 is 12.8 Å². The van der Waals surface area contributed by atoms with Crippen LogP contribution in [0.3, 0.4) is 0 Å². The van der Waals surface area contributed by atoms with Crippen molar-refractivity contribution in [1.82, 2.24) is 10.3 Å². The molecule has 122 valence electrons. The van der Waals surface area contributed by atoms with Crippen LogP contribution in [0.1, 0.15) is 15.9 Å². The molecule has 0 saturated heterocycles. The van der Waals surface area contributed by atoms with Crippen molar-refractivity contribution < 1.29 is 22.7 Å². The van der Waals surface area contributed by atoms with Gasteiger partial charge >= 0.3 is 6.18 Å². The molecule has 0 saturated carbocycles. The lowest BCUT2D eigenvalue weighted by Crippen LogP contribution is -2.23. The first kappa shape index (κ1) is 17.0. The van der Waals surface area contributed by atoms with E-state index in [2.05, 4.69) is 15.0 Å². The summed E-state index contributed by atoms with van der Waals surface area (Å²) in [5, 5.41) is 2.65. The van der Waals surface area contributed by atoms with Crippen molar-refractivity contribution in [2.24, 2.45) is 0 Å². The zero-order valence-corrected chi connectivity index (χ0v) is 12.6. The van der Waals surface area contributed by atoms with Gasteiger partial charge in [-0.05, 0) is 29.8 Å². The van der Waals surface area contributed by atoms with E-state index in [1.54, 1.807) is 30.5 Å². The number of halogens is 3. The van der Waals surface area contributed by atoms with E-state index in [4.69, 9.17) is 12.2 Å². The van der Waals surface area contributed by atoms with Gasteiger partial charge in [-0.2, -0.15) is 13.2 Å². The number of carbonyl (C=O) groups excluding carboxylic acids is 1. The molecule has 1 amide bonds. The molecule has 0 atom stereocenters. The average molecular weight is 342 g/mol. The number of benzene rings is 1. The standard InChI is InChI=1S/C15H13F3N2O2S/c16-15(17,18)9-22-11-4-1-3-10(7-11)8-20-13(21)12-5-2-6-19-14(12)23/h1-7H,8-9H2,(H,19,23)(H,20,21). The Kier molecular flexibility index (Phi) is 5.38. The second kappa shape index (κ2) is 7.28. The Hall–Kier alpha value is -2.35. The van der Waals surface area contributed by atoms with Crippen molar-refractivity contribution in [1.29, 1.82) is 0 Å². The van der Waals surface area contributed by atoms with Gasteiger partial charge < -0.3 is 15.0 Å². The molecule has 8 heteroatoms. The van der Waals surface area contributed by atoms with E-state index in [1.165, 1.54) is 12.1 Å². The third-order valence-electron chi connectivity index (χ3n) is 2.82. The lowest BCUT2D eigenvalue weighted by atomic mass is 10.2. The van der Waals surface area contributed by atoms with Gasteiger partial charge in [0, 0.05) is 12.7 Å². The predicted octanol–water partition coefficient (Wildman–Crippen LogP) is 3.62. The molecule has 0 bridgehead atoms. The Morgan fingerprint density at radius 2 is 2.04 bits per heavy atom. The first-order valence-electron chi connectivity index (χ1n) is 6.59. The molecule has 0 fully saturated rings. The van der Waals surface area contributed by atoms with Crippen LogP contribution >= 0.6 is 12.2 Å². The fraction of sp³-hybridized carbons (Fsp3) is 0.200. The van der Waals surface area contributed by atoms with E-state index in [0.717, 1.165) is 0 Å². The van der Waals surface area contributed by atoms with Crippen LogP contribution in [0.15, 0.2) is 42.6 Å². The monoisotopic (exact) mass is 342 g/mol. The van der Waals surface area contributed by atoms with Gasteiger partial charge in [0.15, 0.2) is 6.61 Å². The largest absolute Gasteiger partial charge is 0.484 e. The van der Waals surface area contributed by atoms with Gasteiger partial charge in [0.25, 0.3) is 5.91 Å². The molecule has 0 aliphatic rings. The van der Waals surface area contributed by atoms with Gasteiger partial charge in [-0.3, -0.25) is 4.79 Å². The van der Waals surface area contributed by atoms with Crippen LogP contribution in [-0.4, -0.2) is 23.7 Å². The summed E-state index contributed by atoms with van der Waals surface area (Å²) in [6, 6.07) is 9.32. The summed E-state index contributed by atoms with van der Waals surface area (Å²) in [5.74, 6) is -0.278. The number of aromatic nitrogens is 1. The maximum Gasteiger partial charge on any atom is 0.422 e. The topological polar surface area (TPSA) is 54.1 Å². The molecule has 0 spiro atoms. The van der Waals surface area contributed by atoms with Crippen LogP contribution in [0.4, 0.5) is 13.2 Å². The molecule has 2 aromatic rings. The summed E-state index contributed by atoms with van der Waals surface area (Å²) in [6.45, 7) is -1.21. The van der Waals surface area contributed by atoms with E-state index in [9.17, 15) is 18.0 Å². The van der Waals surface area contributed by atoms with Crippen molar-refractivity contribution >= 4 is 18.1 Å². The van der Waals surface area contributed by atoms with E-state index in [1.807, 2.05) is 0 Å². The van der Waals surface area contributed by atoms with Gasteiger partial charge in [0.1, 0.15) is 10.4 Å². The number of hydrogen-bond acceptors (Lipinski definition) is 3. The van der Waals surface area contributed by atoms with Crippen molar-refractivity contribution in [3.63, 3.8) is 0 Å². The molecule has 2 N–H and O–H groups in total. The summed E-state index contributed by atoms with van der Waals surface area (Å²) >= 11 is 5.01. The Morgan fingerprint density at radius 3 is 2.74 bits per heavy atom. The van der Waals surface area contributed by atoms with E-state index >= 15 is 0 Å². The zero-order chi connectivity index (χ0) is 16.9. The maximum atomic E-state index is 12.1. The Bertz CT molecular complexity index is 744. The number of H-pyrrole nitrogens is 1. The second-order valence-corrected chi connectivity index (χ2v) is 5.06. The summed E-state index contributed by atoms with van der Waals surface area (Å²) in [6.07, 6.45) is -2.78. The number of aromatic amines is 1. The number of amides is 1. The van der Waals surface area contributed by atoms with E-state index in [0.29, 0.717) is 15.8 Å². The van der Waals surface area contributed by atoms with Crippen LogP contribution in [0.2, 0.25) is 0 Å². The SMILES string of the molecule is O=C(NCc1cccc(OCC(F)(F)F)c1)c1ccc[nH]c1=S. The van der Waals surface area contributed by atoms with Crippen LogP contribution in [-0.2, 0) is 6.54 Å². The van der Waals surface area contributed by atoms with Crippen molar-refractivity contribution in [2.45, 2.75) is 12.7 Å². The molecule has 2 rings (SSSR count). The van der Waals surface area contributed by atoms with Gasteiger partial charge in [0.05, 0.1) is 5.56 Å². The first-order valence-corrected chi connectivity index (χ1v) is 7.00. The van der Waals surface area contributed by atoms with Crippen molar-refractivity contribution in [3.05, 3.63) is 58.4 Å². The number of nitrogens with one attached hydrogen (secondary N) is 2. The zero-order valence-electron chi connectivity index (χ0n) is 11.8. The van der Waals surface area contributed by atoms with Gasteiger partial charge in [0.2, 0.25) is 0 Å². The number of rotatable bonds is 5. The van der Waals surface area contributed by atoms with Crippen LogP contribution < -0.4 is 10.1 Å². The van der Waals surface area contributed by atoms with Gasteiger partial charge in [-0.1, -0.05) is 24.4 Å². The quantitative estimate of drug-likeness (QED) is 0.816. The maximum absolute atomic E-state index is 12.1. The summed E-state index contributed by atoms with van der Waals surface area (Å²) in [7, 11) is 0. The highest BCUT2D eigenvalue weighted by atomic mass is 32.1. The highest BCUT2D eigenvalue weighted by Crippen LogP contribution is 2.19. The Labute approximate surface area is 135 Å². The highest BCUT2D eigenvalue weighted by Gasteiger charge is 2.28. The number of carbonyl (C=O) groups is 1. The minimum absolute atomic E-state index is 0.0890. The fourth-order valence-corrected chi connectivity index (χ4v) is 2.02. The van der Waals surface area contributed by atoms with Gasteiger partial charge in [-0.15, -0.1) is 0 Å². The third-order valence-corrected chi connectivity index (χ3v) is 3.15. The Balaban J connectivity index is 1.97. The highest BCUT2D eigenvalue weighted by molar-refractivity contribution is 7.71. The molecular formula is C15H13F3N2O2S. The summed E-state index contributed by atoms with van der Waals surface area (Å²) in [5.41, 5.74) is 0.941. The number of ether oxygens (including phenoxy) is 1. The predicted molar refractivity (Wildman–Crippen MR) is 80.8 cm³/mol. The number of hydrogen-bond donors (Lipinski definition) is 2. The van der Waals surface area contributed by atoms with Crippen molar-refractivity contribution in [3.8, 4) is 5.75 Å². The molecule has 1 aromatic carbocycles. The Morgan fingerprint density at radius 1 is 1.26 bits per heavy atom. The summed E-state index contributed by atoms with van der Waals surface area (Å²) in [4.78, 5) is 14.7. The van der Waals surface area contributed by atoms with Gasteiger partial charge in [-0.25, -0.2) is 0 Å². The molecule has 0 aliphatic carbocycles. The van der Waals surface area contributed by atoms with Crippen LogP contribution in [0.5, 0.6) is 5.75 Å². The molecular weight excluding hydrogens is 329 g/mol. The second-order valence-electron chi connectivity index (χ2n) is 4.65. The molecule has 1 heterocycles. The summed E-state index contributed by atoms with van der Waals surface area (Å²) < 4.78 is 41.4. The normalized spacial score (nSPS) is 11.1. The van der Waals surface area contributed by atoms with Crippen LogP contribution in [0, 0.1) is 4.64 Å². The lowest BCUT2D eigenvalue weighted by Gasteiger charge is -2.10. The lowest BCUT2D eigenvalue weighted by molar-refractivity contribution is -0.153. The molecule has 0 unspecified atom stereocenters.